The second kappa shape index (κ2) is 74.4. The van der Waals surface area contributed by atoms with Crippen LogP contribution in [0.1, 0.15) is 427 Å². The first kappa shape index (κ1) is 85.3. The second-order valence-electron chi connectivity index (χ2n) is 25.7. The maximum atomic E-state index is 11.3. The van der Waals surface area contributed by atoms with Crippen molar-refractivity contribution in [2.24, 2.45) is 0 Å². The number of carbonyl (C=O) groups excluding carboxylic acids is 2. The molecule has 0 radical (unpaired) electrons. The first-order chi connectivity index (χ1) is 39.3. The molecular formula is C74H148CaN2O4. The fraction of sp³-hybridized carbons (Fsp3) is 0.973. The summed E-state index contributed by atoms with van der Waals surface area (Å²) in [6.45, 7) is 17.7. The minimum absolute atomic E-state index is 0. The van der Waals surface area contributed by atoms with Gasteiger partial charge in [0.2, 0.25) is 0 Å². The van der Waals surface area contributed by atoms with Gasteiger partial charge in [0.05, 0.1) is 0 Å². The van der Waals surface area contributed by atoms with Gasteiger partial charge in [-0.05, 0) is 64.7 Å². The van der Waals surface area contributed by atoms with E-state index in [-0.39, 0.29) is 62.7 Å². The molecule has 0 aliphatic heterocycles. The maximum Gasteiger partial charge on any atom is 2.00 e. The van der Waals surface area contributed by atoms with Crippen LogP contribution in [-0.4, -0.2) is 97.7 Å². The Morgan fingerprint density at radius 2 is 0.358 bits per heavy atom. The molecule has 0 aliphatic carbocycles. The molecule has 6 nitrogen and oxygen atoms in total. The van der Waals surface area contributed by atoms with E-state index < -0.39 is 11.9 Å². The van der Waals surface area contributed by atoms with E-state index in [0.717, 1.165) is 39.0 Å². The third-order valence-electron chi connectivity index (χ3n) is 18.0. The standard InChI is InChI=1S/2C37H75NO2.Ca/c2*1-4-7-9-11-13-15-17-19-21-23-25-27-29-31-33-38(36(6-3)35-37(39)40)34-32-30-28-26-24-22-20-18-16-14-12-10-8-5-2;/h2*36H,4-35H2,1-3H3,(H,39,40);/q;;+2/p-2. The van der Waals surface area contributed by atoms with Crippen molar-refractivity contribution in [3.8, 4) is 0 Å². The summed E-state index contributed by atoms with van der Waals surface area (Å²) in [4.78, 5) is 27.6. The zero-order valence-corrected chi connectivity index (χ0v) is 58.9. The number of carboxylic acids is 2. The van der Waals surface area contributed by atoms with E-state index >= 15 is 0 Å². The van der Waals surface area contributed by atoms with Gasteiger partial charge in [0.1, 0.15) is 0 Å². The van der Waals surface area contributed by atoms with E-state index in [2.05, 4.69) is 51.3 Å². The topological polar surface area (TPSA) is 86.7 Å². The predicted octanol–water partition coefficient (Wildman–Crippen LogP) is 22.0. The van der Waals surface area contributed by atoms with Crippen molar-refractivity contribution in [2.75, 3.05) is 26.2 Å². The Kier molecular flexibility index (Phi) is 78.3. The van der Waals surface area contributed by atoms with E-state index in [1.807, 2.05) is 0 Å². The van der Waals surface area contributed by atoms with E-state index in [1.54, 1.807) is 0 Å². The predicted molar refractivity (Wildman–Crippen MR) is 358 cm³/mol. The van der Waals surface area contributed by atoms with Gasteiger partial charge in [0.25, 0.3) is 0 Å². The van der Waals surface area contributed by atoms with Gasteiger partial charge in [-0.3, -0.25) is 0 Å². The molecule has 0 N–H and O–H groups in total. The van der Waals surface area contributed by atoms with Crippen LogP contribution in [0.5, 0.6) is 0 Å². The molecule has 2 atom stereocenters. The molecule has 7 heteroatoms. The van der Waals surface area contributed by atoms with Crippen molar-refractivity contribution in [1.82, 2.24) is 9.80 Å². The van der Waals surface area contributed by atoms with Crippen LogP contribution in [0.4, 0.5) is 0 Å². The molecule has 0 spiro atoms. The summed E-state index contributed by atoms with van der Waals surface area (Å²) in [7, 11) is 0. The summed E-state index contributed by atoms with van der Waals surface area (Å²) in [5.41, 5.74) is 0. The molecule has 0 saturated heterocycles. The summed E-state index contributed by atoms with van der Waals surface area (Å²) >= 11 is 0. The molecule has 0 amide bonds. The third kappa shape index (κ3) is 69.1. The molecule has 0 heterocycles. The molecule has 2 unspecified atom stereocenters. The summed E-state index contributed by atoms with van der Waals surface area (Å²) in [6, 6.07) is 0.294. The van der Waals surface area contributed by atoms with Crippen molar-refractivity contribution < 1.29 is 19.8 Å². The molecule has 480 valence electrons. The summed E-state index contributed by atoms with van der Waals surface area (Å²) in [5.74, 6) is -1.78. The number of carboxylic acid groups (broad SMARTS) is 2. The molecular weight excluding hydrogens is 1020 g/mol. The number of aliphatic carboxylic acids is 2. The minimum atomic E-state index is -0.890. The Morgan fingerprint density at radius 1 is 0.235 bits per heavy atom. The molecule has 0 fully saturated rings. The number of nitrogens with zero attached hydrogens (tertiary/aromatic N) is 2. The van der Waals surface area contributed by atoms with Gasteiger partial charge >= 0.3 is 37.7 Å². The van der Waals surface area contributed by atoms with Crippen LogP contribution in [-0.2, 0) is 9.59 Å². The number of unbranched alkanes of at least 4 members (excludes halogenated alkanes) is 52. The smallest absolute Gasteiger partial charge is 0.550 e. The first-order valence-corrected chi connectivity index (χ1v) is 37.2. The fourth-order valence-electron chi connectivity index (χ4n) is 12.4. The van der Waals surface area contributed by atoms with E-state index in [9.17, 15) is 19.8 Å². The SMILES string of the molecule is CCCCCCCCCCCCCCCCN(CCCCCCCCCCCCCCCC)C(CC)CC(=O)[O-].CCCCCCCCCCCCCCCCN(CCCCCCCCCCCCCCCC)C(CC)CC(=O)[O-].[Ca+2]. The molecule has 0 rings (SSSR count). The quantitative estimate of drug-likeness (QED) is 0.0445. The Labute approximate surface area is 540 Å². The fourth-order valence-corrected chi connectivity index (χ4v) is 12.4. The van der Waals surface area contributed by atoms with Crippen LogP contribution in [0, 0.1) is 0 Å². The number of hydrogen-bond donors (Lipinski definition) is 0. The van der Waals surface area contributed by atoms with E-state index in [4.69, 9.17) is 0 Å². The van der Waals surface area contributed by atoms with Gasteiger partial charge in [-0.2, -0.15) is 0 Å². The summed E-state index contributed by atoms with van der Waals surface area (Å²) in [6.07, 6.45) is 79.5. The van der Waals surface area contributed by atoms with Crippen LogP contribution in [0.3, 0.4) is 0 Å². The van der Waals surface area contributed by atoms with Crippen molar-refractivity contribution in [1.29, 1.82) is 0 Å². The number of rotatable bonds is 68. The molecule has 0 saturated carbocycles. The van der Waals surface area contributed by atoms with Gasteiger partial charge in [-0.1, -0.05) is 375 Å². The summed E-state index contributed by atoms with van der Waals surface area (Å²) in [5, 5.41) is 22.7. The third-order valence-corrected chi connectivity index (χ3v) is 18.0. The Hall–Kier alpha value is 0.120. The summed E-state index contributed by atoms with van der Waals surface area (Å²) < 4.78 is 0. The number of carbonyl (C=O) groups is 2. The maximum absolute atomic E-state index is 11.3. The van der Waals surface area contributed by atoms with Crippen LogP contribution in [0.2, 0.25) is 0 Å². The Balaban J connectivity index is -0.00000148. The van der Waals surface area contributed by atoms with Gasteiger partial charge in [0.15, 0.2) is 0 Å². The van der Waals surface area contributed by atoms with E-state index in [1.165, 1.54) is 360 Å². The van der Waals surface area contributed by atoms with Gasteiger partial charge < -0.3 is 29.6 Å². The van der Waals surface area contributed by atoms with Crippen molar-refractivity contribution >= 4 is 49.7 Å². The first-order valence-electron chi connectivity index (χ1n) is 37.2. The Bertz CT molecular complexity index is 1020. The average molecular weight is 1170 g/mol. The molecule has 0 bridgehead atoms. The Morgan fingerprint density at radius 3 is 0.469 bits per heavy atom. The zero-order chi connectivity index (χ0) is 58.7. The van der Waals surface area contributed by atoms with Crippen LogP contribution in [0.15, 0.2) is 0 Å². The molecule has 0 aromatic rings. The van der Waals surface area contributed by atoms with Crippen molar-refractivity contribution in [3.63, 3.8) is 0 Å². The van der Waals surface area contributed by atoms with E-state index in [0.29, 0.717) is 0 Å². The van der Waals surface area contributed by atoms with Gasteiger partial charge in [-0.15, -0.1) is 0 Å². The average Bonchev–Trinajstić information content (AvgIpc) is 3.45. The molecule has 0 aromatic carbocycles. The molecule has 81 heavy (non-hydrogen) atoms. The van der Waals surface area contributed by atoms with Crippen LogP contribution < -0.4 is 10.2 Å². The van der Waals surface area contributed by atoms with Crippen LogP contribution >= 0.6 is 0 Å². The van der Waals surface area contributed by atoms with Crippen molar-refractivity contribution in [2.45, 2.75) is 439 Å². The largest absolute Gasteiger partial charge is 2.00 e. The minimum Gasteiger partial charge on any atom is -0.550 e. The number of hydrogen-bond acceptors (Lipinski definition) is 6. The molecule has 0 aliphatic rings. The normalized spacial score (nSPS) is 12.2. The second-order valence-corrected chi connectivity index (χ2v) is 25.7. The van der Waals surface area contributed by atoms with Gasteiger partial charge in [-0.25, -0.2) is 0 Å². The van der Waals surface area contributed by atoms with Crippen molar-refractivity contribution in [3.05, 3.63) is 0 Å². The van der Waals surface area contributed by atoms with Crippen LogP contribution in [0.25, 0.3) is 0 Å². The monoisotopic (exact) mass is 1170 g/mol. The zero-order valence-electron chi connectivity index (χ0n) is 56.6. The molecule has 0 aromatic heterocycles. The van der Waals surface area contributed by atoms with Gasteiger partial charge in [0, 0.05) is 36.9 Å².